The van der Waals surface area contributed by atoms with E-state index in [0.717, 1.165) is 5.69 Å². The van der Waals surface area contributed by atoms with E-state index in [1.165, 1.54) is 4.90 Å². The van der Waals surface area contributed by atoms with Gasteiger partial charge < -0.3 is 10.6 Å². The summed E-state index contributed by atoms with van der Waals surface area (Å²) in [4.78, 5) is 29.2. The molecule has 3 amide bonds. The third-order valence-corrected chi connectivity index (χ3v) is 4.00. The first-order valence-electron chi connectivity index (χ1n) is 6.95. The Labute approximate surface area is 128 Å². The summed E-state index contributed by atoms with van der Waals surface area (Å²) in [5.74, 6) is -0.156. The van der Waals surface area contributed by atoms with Gasteiger partial charge in [-0.3, -0.25) is 14.7 Å². The van der Waals surface area contributed by atoms with Crippen molar-refractivity contribution < 1.29 is 9.59 Å². The molecule has 2 heterocycles. The minimum atomic E-state index is -0.765. The van der Waals surface area contributed by atoms with Gasteiger partial charge >= 0.3 is 6.03 Å². The number of aromatic nitrogens is 1. The first-order chi connectivity index (χ1) is 9.98. The van der Waals surface area contributed by atoms with Crippen LogP contribution < -0.4 is 10.6 Å². The topological polar surface area (TPSA) is 74.3 Å². The van der Waals surface area contributed by atoms with Gasteiger partial charge in [0.05, 0.1) is 10.7 Å². The molecule has 2 rings (SSSR count). The number of carbonyl (C=O) groups is 2. The molecule has 0 bridgehead atoms. The van der Waals surface area contributed by atoms with Gasteiger partial charge in [-0.25, -0.2) is 4.79 Å². The third-order valence-electron chi connectivity index (χ3n) is 3.70. The maximum absolute atomic E-state index is 12.2. The minimum absolute atomic E-state index is 0.156. The van der Waals surface area contributed by atoms with Crippen molar-refractivity contribution in [1.29, 1.82) is 0 Å². The average molecular weight is 311 g/mol. The van der Waals surface area contributed by atoms with Crippen LogP contribution in [0.15, 0.2) is 18.5 Å². The van der Waals surface area contributed by atoms with Gasteiger partial charge in [0, 0.05) is 25.5 Å². The smallest absolute Gasteiger partial charge is 0.325 e. The molecule has 1 fully saturated rings. The summed E-state index contributed by atoms with van der Waals surface area (Å²) in [6.07, 6.45) is 4.45. The number of amides is 3. The summed E-state index contributed by atoms with van der Waals surface area (Å²) in [5, 5.41) is 6.44. The van der Waals surface area contributed by atoms with Gasteiger partial charge in [-0.1, -0.05) is 18.5 Å². The van der Waals surface area contributed by atoms with E-state index >= 15 is 0 Å². The molecule has 0 spiro atoms. The Morgan fingerprint density at radius 1 is 1.48 bits per heavy atom. The summed E-state index contributed by atoms with van der Waals surface area (Å²) < 4.78 is 0. The van der Waals surface area contributed by atoms with E-state index in [1.807, 2.05) is 6.92 Å². The van der Waals surface area contributed by atoms with Crippen molar-refractivity contribution in [3.8, 4) is 0 Å². The molecule has 21 heavy (non-hydrogen) atoms. The zero-order chi connectivity index (χ0) is 15.5. The molecule has 0 radical (unpaired) electrons. The zero-order valence-corrected chi connectivity index (χ0v) is 12.9. The van der Waals surface area contributed by atoms with Gasteiger partial charge in [0.1, 0.15) is 5.54 Å². The van der Waals surface area contributed by atoms with Crippen molar-refractivity contribution in [1.82, 2.24) is 15.2 Å². The molecule has 1 unspecified atom stereocenters. The van der Waals surface area contributed by atoms with Crippen LogP contribution in [0.4, 0.5) is 10.5 Å². The van der Waals surface area contributed by atoms with Gasteiger partial charge in [0.2, 0.25) is 0 Å². The molecule has 1 aliphatic rings. The second-order valence-electron chi connectivity index (χ2n) is 5.21. The lowest BCUT2D eigenvalue weighted by Gasteiger charge is -2.19. The molecule has 0 saturated carbocycles. The maximum atomic E-state index is 12.2. The molecule has 1 aliphatic heterocycles. The van der Waals surface area contributed by atoms with Crippen molar-refractivity contribution in [3.05, 3.63) is 23.5 Å². The zero-order valence-electron chi connectivity index (χ0n) is 12.1. The summed E-state index contributed by atoms with van der Waals surface area (Å²) in [5.41, 5.74) is 0.0288. The Morgan fingerprint density at radius 3 is 2.86 bits per heavy atom. The number of hydrogen-bond acceptors (Lipinski definition) is 4. The van der Waals surface area contributed by atoms with Crippen molar-refractivity contribution in [2.75, 3.05) is 18.4 Å². The molecular formula is C14H19ClN4O2. The SMILES string of the molecule is CCC1(C)NC(=O)N(CCCNc2ccncc2Cl)C1=O. The number of carbonyl (C=O) groups excluding carboxylic acids is 2. The highest BCUT2D eigenvalue weighted by molar-refractivity contribution is 6.33. The molecule has 1 saturated heterocycles. The first kappa shape index (κ1) is 15.6. The molecule has 1 aromatic rings. The Balaban J connectivity index is 1.83. The van der Waals surface area contributed by atoms with E-state index in [9.17, 15) is 9.59 Å². The fourth-order valence-electron chi connectivity index (χ4n) is 2.17. The van der Waals surface area contributed by atoms with E-state index in [1.54, 1.807) is 25.4 Å². The highest BCUT2D eigenvalue weighted by Crippen LogP contribution is 2.21. The molecule has 0 aliphatic carbocycles. The normalized spacial score (nSPS) is 21.6. The van der Waals surface area contributed by atoms with E-state index in [-0.39, 0.29) is 11.9 Å². The summed E-state index contributed by atoms with van der Waals surface area (Å²) in [6, 6.07) is 1.47. The molecule has 1 atom stereocenters. The highest BCUT2D eigenvalue weighted by Gasteiger charge is 2.45. The number of hydrogen-bond donors (Lipinski definition) is 2. The van der Waals surface area contributed by atoms with Crippen LogP contribution in [0.1, 0.15) is 26.7 Å². The van der Waals surface area contributed by atoms with E-state index in [2.05, 4.69) is 15.6 Å². The number of halogens is 1. The van der Waals surface area contributed by atoms with Crippen LogP contribution in [-0.4, -0.2) is 40.5 Å². The second-order valence-corrected chi connectivity index (χ2v) is 5.62. The number of anilines is 1. The number of urea groups is 1. The number of imide groups is 1. The number of rotatable bonds is 6. The van der Waals surface area contributed by atoms with E-state index in [0.29, 0.717) is 31.0 Å². The van der Waals surface area contributed by atoms with E-state index < -0.39 is 5.54 Å². The van der Waals surface area contributed by atoms with Crippen molar-refractivity contribution in [2.24, 2.45) is 0 Å². The molecular weight excluding hydrogens is 292 g/mol. The highest BCUT2D eigenvalue weighted by atomic mass is 35.5. The number of pyridine rings is 1. The van der Waals surface area contributed by atoms with Crippen LogP contribution in [0.5, 0.6) is 0 Å². The lowest BCUT2D eigenvalue weighted by Crippen LogP contribution is -2.43. The molecule has 7 heteroatoms. The monoisotopic (exact) mass is 310 g/mol. The van der Waals surface area contributed by atoms with Crippen molar-refractivity contribution in [3.63, 3.8) is 0 Å². The lowest BCUT2D eigenvalue weighted by atomic mass is 9.99. The average Bonchev–Trinajstić information content (AvgIpc) is 2.68. The fraction of sp³-hybridized carbons (Fsp3) is 0.500. The van der Waals surface area contributed by atoms with Crippen LogP contribution in [0, 0.1) is 0 Å². The molecule has 1 aromatic heterocycles. The Morgan fingerprint density at radius 2 is 2.24 bits per heavy atom. The third kappa shape index (κ3) is 3.26. The second kappa shape index (κ2) is 6.30. The van der Waals surface area contributed by atoms with Crippen LogP contribution in [-0.2, 0) is 4.79 Å². The predicted octanol–water partition coefficient (Wildman–Crippen LogP) is 2.26. The number of nitrogens with one attached hydrogen (secondary N) is 2. The van der Waals surface area contributed by atoms with Crippen LogP contribution >= 0.6 is 11.6 Å². The fourth-order valence-corrected chi connectivity index (χ4v) is 2.35. The molecule has 0 aromatic carbocycles. The Hall–Kier alpha value is -1.82. The van der Waals surface area contributed by atoms with Gasteiger partial charge in [-0.05, 0) is 25.8 Å². The Bertz CT molecular complexity index is 552. The van der Waals surface area contributed by atoms with Crippen LogP contribution in [0.2, 0.25) is 5.02 Å². The standard InChI is InChI=1S/C14H19ClN4O2/c1-3-14(2)12(20)19(13(21)18-14)8-4-6-17-11-5-7-16-9-10(11)15/h5,7,9H,3-4,6,8H2,1-2H3,(H,16,17)(H,18,21). The minimum Gasteiger partial charge on any atom is -0.384 e. The Kier molecular flexibility index (Phi) is 4.67. The first-order valence-corrected chi connectivity index (χ1v) is 7.33. The quantitative estimate of drug-likeness (QED) is 0.624. The van der Waals surface area contributed by atoms with Gasteiger partial charge in [-0.2, -0.15) is 0 Å². The van der Waals surface area contributed by atoms with Crippen LogP contribution in [0.3, 0.4) is 0 Å². The van der Waals surface area contributed by atoms with Gasteiger partial charge in [-0.15, -0.1) is 0 Å². The lowest BCUT2D eigenvalue weighted by molar-refractivity contribution is -0.130. The molecule has 114 valence electrons. The predicted molar refractivity (Wildman–Crippen MR) is 81.3 cm³/mol. The van der Waals surface area contributed by atoms with Crippen LogP contribution in [0.25, 0.3) is 0 Å². The number of nitrogens with zero attached hydrogens (tertiary/aromatic N) is 2. The van der Waals surface area contributed by atoms with E-state index in [4.69, 9.17) is 11.6 Å². The van der Waals surface area contributed by atoms with Crippen molar-refractivity contribution in [2.45, 2.75) is 32.2 Å². The largest absolute Gasteiger partial charge is 0.384 e. The van der Waals surface area contributed by atoms with Gasteiger partial charge in [0.25, 0.3) is 5.91 Å². The summed E-state index contributed by atoms with van der Waals surface area (Å²) in [6.45, 7) is 4.64. The maximum Gasteiger partial charge on any atom is 0.325 e. The molecule has 2 N–H and O–H groups in total. The summed E-state index contributed by atoms with van der Waals surface area (Å²) >= 11 is 5.98. The van der Waals surface area contributed by atoms with Gasteiger partial charge in [0.15, 0.2) is 0 Å². The summed E-state index contributed by atoms with van der Waals surface area (Å²) in [7, 11) is 0. The van der Waals surface area contributed by atoms with Crippen molar-refractivity contribution >= 4 is 29.2 Å². The molecule has 6 nitrogen and oxygen atoms in total.